The highest BCUT2D eigenvalue weighted by Crippen LogP contribution is 2.38. The number of fused-ring (bicyclic) bond motifs is 1. The number of hydrogen-bond acceptors (Lipinski definition) is 6. The van der Waals surface area contributed by atoms with Crippen LogP contribution in [0.15, 0.2) is 78.4 Å². The number of carbonyl (C=O) groups is 1. The summed E-state index contributed by atoms with van der Waals surface area (Å²) < 4.78 is 11.9. The molecule has 0 heterocycles. The fraction of sp³-hybridized carbons (Fsp3) is 0.133. The normalized spacial score (nSPS) is 11.1. The highest BCUT2D eigenvalue weighted by molar-refractivity contribution is 6.32. The summed E-state index contributed by atoms with van der Waals surface area (Å²) in [7, 11) is 0. The molecular weight excluding hydrogens is 518 g/mol. The SMILES string of the molecule is CCOc1cc(/C=C(\C#N)C(=O)Nc2cc([N+](=O)[O-])ccc2C)cc(Cl)c1OCc1cccc2ccccc12. The topological polar surface area (TPSA) is 114 Å². The Morgan fingerprint density at radius 3 is 2.62 bits per heavy atom. The number of benzene rings is 4. The Morgan fingerprint density at radius 2 is 1.87 bits per heavy atom. The van der Waals surface area contributed by atoms with Gasteiger partial charge in [0.15, 0.2) is 11.5 Å². The molecule has 0 saturated heterocycles. The molecule has 196 valence electrons. The number of non-ortho nitro benzene ring substituents is 1. The van der Waals surface area contributed by atoms with Crippen molar-refractivity contribution < 1.29 is 19.2 Å². The molecule has 0 fully saturated rings. The molecule has 8 nitrogen and oxygen atoms in total. The van der Waals surface area contributed by atoms with Crippen LogP contribution in [-0.2, 0) is 11.4 Å². The molecule has 1 N–H and O–H groups in total. The van der Waals surface area contributed by atoms with Crippen LogP contribution >= 0.6 is 11.6 Å². The van der Waals surface area contributed by atoms with Crippen LogP contribution in [0.5, 0.6) is 11.5 Å². The zero-order valence-corrected chi connectivity index (χ0v) is 22.0. The van der Waals surface area contributed by atoms with Gasteiger partial charge in [-0.1, -0.05) is 60.1 Å². The molecule has 0 unspecified atom stereocenters. The highest BCUT2D eigenvalue weighted by atomic mass is 35.5. The van der Waals surface area contributed by atoms with Crippen molar-refractivity contribution in [3.63, 3.8) is 0 Å². The number of ether oxygens (including phenoxy) is 2. The number of amides is 1. The number of rotatable bonds is 9. The van der Waals surface area contributed by atoms with Crippen LogP contribution in [0.25, 0.3) is 16.8 Å². The zero-order valence-electron chi connectivity index (χ0n) is 21.2. The minimum atomic E-state index is -0.716. The molecule has 1 amide bonds. The number of carbonyl (C=O) groups excluding carboxylic acids is 1. The Balaban J connectivity index is 1.60. The second-order valence-corrected chi connectivity index (χ2v) is 8.98. The van der Waals surface area contributed by atoms with Crippen LogP contribution in [0.4, 0.5) is 11.4 Å². The number of anilines is 1. The van der Waals surface area contributed by atoms with Gasteiger partial charge in [0.25, 0.3) is 11.6 Å². The van der Waals surface area contributed by atoms with Crippen molar-refractivity contribution in [3.05, 3.63) is 110 Å². The maximum atomic E-state index is 12.8. The van der Waals surface area contributed by atoms with Crippen molar-refractivity contribution in [1.82, 2.24) is 0 Å². The number of halogens is 1. The largest absolute Gasteiger partial charge is 0.490 e. The van der Waals surface area contributed by atoms with Gasteiger partial charge >= 0.3 is 0 Å². The number of aryl methyl sites for hydroxylation is 1. The van der Waals surface area contributed by atoms with Gasteiger partial charge < -0.3 is 14.8 Å². The van der Waals surface area contributed by atoms with E-state index < -0.39 is 10.8 Å². The first-order valence-electron chi connectivity index (χ1n) is 12.0. The lowest BCUT2D eigenvalue weighted by atomic mass is 10.1. The summed E-state index contributed by atoms with van der Waals surface area (Å²) in [6.45, 7) is 4.11. The number of nitrogens with zero attached hydrogens (tertiary/aromatic N) is 2. The lowest BCUT2D eigenvalue weighted by Crippen LogP contribution is -2.14. The lowest BCUT2D eigenvalue weighted by molar-refractivity contribution is -0.384. The monoisotopic (exact) mass is 541 g/mol. The number of nitro benzene ring substituents is 1. The standard InChI is InChI=1S/C30H24ClN3O5/c1-3-38-28-15-20(13-23(17-32)30(35)33-27-16-24(34(36)37)12-11-19(27)2)14-26(31)29(28)39-18-22-9-6-8-21-7-4-5-10-25(21)22/h4-16H,3,18H2,1-2H3,(H,33,35)/b23-13+. The van der Waals surface area contributed by atoms with Gasteiger partial charge in [-0.3, -0.25) is 14.9 Å². The molecule has 0 saturated carbocycles. The van der Waals surface area contributed by atoms with Crippen LogP contribution in [0.3, 0.4) is 0 Å². The number of hydrogen-bond donors (Lipinski definition) is 1. The Bertz CT molecular complexity index is 1640. The van der Waals surface area contributed by atoms with Gasteiger partial charge in [0.05, 0.1) is 22.2 Å². The highest BCUT2D eigenvalue weighted by Gasteiger charge is 2.17. The molecule has 0 bridgehead atoms. The first kappa shape index (κ1) is 27.2. The Kier molecular flexibility index (Phi) is 8.44. The van der Waals surface area contributed by atoms with Crippen molar-refractivity contribution in [2.75, 3.05) is 11.9 Å². The molecule has 0 spiro atoms. The van der Waals surface area contributed by atoms with Gasteiger partial charge in [0.1, 0.15) is 18.2 Å². The first-order chi connectivity index (χ1) is 18.8. The van der Waals surface area contributed by atoms with Crippen molar-refractivity contribution >= 4 is 45.7 Å². The van der Waals surface area contributed by atoms with E-state index in [1.165, 1.54) is 24.3 Å². The van der Waals surface area contributed by atoms with Crippen LogP contribution < -0.4 is 14.8 Å². The maximum Gasteiger partial charge on any atom is 0.271 e. The minimum Gasteiger partial charge on any atom is -0.490 e. The van der Waals surface area contributed by atoms with E-state index in [1.54, 1.807) is 19.1 Å². The molecule has 39 heavy (non-hydrogen) atoms. The predicted octanol–water partition coefficient (Wildman–Crippen LogP) is 7.23. The molecule has 0 aliphatic rings. The van der Waals surface area contributed by atoms with Gasteiger partial charge in [-0.05, 0) is 59.5 Å². The van der Waals surface area contributed by atoms with Crippen LogP contribution in [0.1, 0.15) is 23.6 Å². The van der Waals surface area contributed by atoms with Crippen molar-refractivity contribution in [2.24, 2.45) is 0 Å². The van der Waals surface area contributed by atoms with E-state index in [9.17, 15) is 20.2 Å². The van der Waals surface area contributed by atoms with Crippen molar-refractivity contribution in [1.29, 1.82) is 5.26 Å². The van der Waals surface area contributed by atoms with Crippen molar-refractivity contribution in [3.8, 4) is 17.6 Å². The summed E-state index contributed by atoms with van der Waals surface area (Å²) >= 11 is 6.58. The molecule has 0 aromatic heterocycles. The Hall–Kier alpha value is -4.87. The first-order valence-corrected chi connectivity index (χ1v) is 12.4. The summed E-state index contributed by atoms with van der Waals surface area (Å²) in [6.07, 6.45) is 1.37. The second-order valence-electron chi connectivity index (χ2n) is 8.57. The minimum absolute atomic E-state index is 0.175. The second kappa shape index (κ2) is 12.1. The molecule has 4 rings (SSSR count). The number of nitro groups is 1. The smallest absolute Gasteiger partial charge is 0.271 e. The number of nitriles is 1. The van der Waals surface area contributed by atoms with Gasteiger partial charge in [-0.2, -0.15) is 5.26 Å². The summed E-state index contributed by atoms with van der Waals surface area (Å²) in [5, 5.41) is 25.8. The van der Waals surface area contributed by atoms with Gasteiger partial charge in [-0.15, -0.1) is 0 Å². The average Bonchev–Trinajstić information content (AvgIpc) is 2.92. The Labute approximate surface area is 230 Å². The third-order valence-corrected chi connectivity index (χ3v) is 6.22. The Morgan fingerprint density at radius 1 is 1.10 bits per heavy atom. The molecule has 0 radical (unpaired) electrons. The summed E-state index contributed by atoms with van der Waals surface area (Å²) in [5.74, 6) is -0.00560. The van der Waals surface area contributed by atoms with E-state index in [2.05, 4.69) is 5.32 Å². The van der Waals surface area contributed by atoms with Crippen LogP contribution in [-0.4, -0.2) is 17.4 Å². The fourth-order valence-electron chi connectivity index (χ4n) is 4.01. The van der Waals surface area contributed by atoms with Gasteiger partial charge in [0.2, 0.25) is 0 Å². The third-order valence-electron chi connectivity index (χ3n) is 5.94. The van der Waals surface area contributed by atoms with E-state index in [4.69, 9.17) is 21.1 Å². The fourth-order valence-corrected chi connectivity index (χ4v) is 4.28. The molecule has 9 heteroatoms. The van der Waals surface area contributed by atoms with E-state index >= 15 is 0 Å². The zero-order chi connectivity index (χ0) is 27.9. The van der Waals surface area contributed by atoms with E-state index in [-0.39, 0.29) is 28.6 Å². The summed E-state index contributed by atoms with van der Waals surface area (Å²) in [5.41, 5.74) is 1.88. The average molecular weight is 542 g/mol. The third kappa shape index (κ3) is 6.35. The van der Waals surface area contributed by atoms with Crippen LogP contribution in [0.2, 0.25) is 5.02 Å². The quantitative estimate of drug-likeness (QED) is 0.103. The lowest BCUT2D eigenvalue weighted by Gasteiger charge is -2.15. The summed E-state index contributed by atoms with van der Waals surface area (Å²) in [4.78, 5) is 23.4. The molecule has 0 aliphatic carbocycles. The van der Waals surface area contributed by atoms with Gasteiger partial charge in [-0.25, -0.2) is 0 Å². The van der Waals surface area contributed by atoms with Crippen LogP contribution in [0, 0.1) is 28.4 Å². The maximum absolute atomic E-state index is 12.8. The van der Waals surface area contributed by atoms with Gasteiger partial charge in [0, 0.05) is 12.1 Å². The van der Waals surface area contributed by atoms with Crippen molar-refractivity contribution in [2.45, 2.75) is 20.5 Å². The molecule has 0 aliphatic heterocycles. The van der Waals surface area contributed by atoms with E-state index in [1.807, 2.05) is 55.5 Å². The predicted molar refractivity (Wildman–Crippen MR) is 151 cm³/mol. The molecule has 4 aromatic carbocycles. The van der Waals surface area contributed by atoms with E-state index in [0.29, 0.717) is 29.2 Å². The molecule has 4 aromatic rings. The molecular formula is C30H24ClN3O5. The summed E-state index contributed by atoms with van der Waals surface area (Å²) in [6, 6.07) is 23.2. The molecule has 0 atom stereocenters. The van der Waals surface area contributed by atoms with E-state index in [0.717, 1.165) is 16.3 Å². The number of nitrogens with one attached hydrogen (secondary N) is 1.